The third-order valence-corrected chi connectivity index (χ3v) is 2.92. The van der Waals surface area contributed by atoms with E-state index in [-0.39, 0.29) is 12.1 Å². The maximum absolute atomic E-state index is 5.82. The highest BCUT2D eigenvalue weighted by atomic mass is 15.3. The van der Waals surface area contributed by atoms with Crippen LogP contribution in [0.25, 0.3) is 0 Å². The number of aromatic nitrogens is 2. The van der Waals surface area contributed by atoms with Crippen LogP contribution in [-0.4, -0.2) is 22.4 Å². The molecule has 0 aliphatic carbocycles. The number of terminal acetylenes is 1. The summed E-state index contributed by atoms with van der Waals surface area (Å²) in [5.41, 5.74) is 6.93. The molecule has 1 aromatic rings. The molecule has 2 atom stereocenters. The van der Waals surface area contributed by atoms with Gasteiger partial charge in [-0.3, -0.25) is 10.00 Å². The maximum Gasteiger partial charge on any atom is 0.0692 e. The summed E-state index contributed by atoms with van der Waals surface area (Å²) in [6.07, 6.45) is 12.5. The van der Waals surface area contributed by atoms with Gasteiger partial charge in [-0.15, -0.1) is 6.42 Å². The van der Waals surface area contributed by atoms with E-state index in [0.29, 0.717) is 6.54 Å². The van der Waals surface area contributed by atoms with Crippen molar-refractivity contribution in [2.24, 2.45) is 5.73 Å². The number of rotatable bonds is 8. The Bertz CT molecular complexity index is 377. The highest BCUT2D eigenvalue weighted by Gasteiger charge is 2.15. The van der Waals surface area contributed by atoms with E-state index in [1.165, 1.54) is 0 Å². The first-order valence-electron chi connectivity index (χ1n) is 6.69. The van der Waals surface area contributed by atoms with Gasteiger partial charge in [-0.25, -0.2) is 0 Å². The fourth-order valence-corrected chi connectivity index (χ4v) is 1.96. The molecule has 0 fully saturated rings. The smallest absolute Gasteiger partial charge is 0.0692 e. The zero-order valence-electron chi connectivity index (χ0n) is 11.4. The standard InChI is InChI=1S/C14H24N4/c1-4-7-13(6-3)17-14(9-15)12-10-16-18(11-12)8-5-2/h3,10-11,13-14,17H,4-5,7-9,15H2,1-2H3. The van der Waals surface area contributed by atoms with Gasteiger partial charge in [-0.05, 0) is 12.8 Å². The Balaban J connectivity index is 2.66. The molecule has 0 saturated heterocycles. The van der Waals surface area contributed by atoms with Gasteiger partial charge in [-0.2, -0.15) is 5.10 Å². The van der Waals surface area contributed by atoms with Crippen LogP contribution in [0.4, 0.5) is 0 Å². The molecule has 3 N–H and O–H groups in total. The monoisotopic (exact) mass is 248 g/mol. The van der Waals surface area contributed by atoms with Crippen LogP contribution in [-0.2, 0) is 6.54 Å². The fraction of sp³-hybridized carbons (Fsp3) is 0.643. The van der Waals surface area contributed by atoms with Crippen LogP contribution in [0.3, 0.4) is 0 Å². The van der Waals surface area contributed by atoms with E-state index in [4.69, 9.17) is 12.2 Å². The van der Waals surface area contributed by atoms with Crippen LogP contribution in [0.5, 0.6) is 0 Å². The highest BCUT2D eigenvalue weighted by molar-refractivity contribution is 5.13. The average Bonchev–Trinajstić information content (AvgIpc) is 2.83. The zero-order chi connectivity index (χ0) is 13.4. The summed E-state index contributed by atoms with van der Waals surface area (Å²) in [6.45, 7) is 5.73. The van der Waals surface area contributed by atoms with Crippen LogP contribution in [0, 0.1) is 12.3 Å². The zero-order valence-corrected chi connectivity index (χ0v) is 11.4. The van der Waals surface area contributed by atoms with Gasteiger partial charge >= 0.3 is 0 Å². The number of aryl methyl sites for hydroxylation is 1. The molecule has 2 unspecified atom stereocenters. The summed E-state index contributed by atoms with van der Waals surface area (Å²) < 4.78 is 1.95. The van der Waals surface area contributed by atoms with Crippen molar-refractivity contribution >= 4 is 0 Å². The van der Waals surface area contributed by atoms with Crippen molar-refractivity contribution in [1.82, 2.24) is 15.1 Å². The number of nitrogens with zero attached hydrogens (tertiary/aromatic N) is 2. The summed E-state index contributed by atoms with van der Waals surface area (Å²) in [7, 11) is 0. The van der Waals surface area contributed by atoms with Crippen molar-refractivity contribution in [3.8, 4) is 12.3 Å². The van der Waals surface area contributed by atoms with Gasteiger partial charge in [0.25, 0.3) is 0 Å². The van der Waals surface area contributed by atoms with Crippen molar-refractivity contribution < 1.29 is 0 Å². The summed E-state index contributed by atoms with van der Waals surface area (Å²) in [5.74, 6) is 2.78. The van der Waals surface area contributed by atoms with Gasteiger partial charge in [0.2, 0.25) is 0 Å². The lowest BCUT2D eigenvalue weighted by atomic mass is 10.1. The van der Waals surface area contributed by atoms with Gasteiger partial charge in [0.1, 0.15) is 0 Å². The molecule has 1 heterocycles. The topological polar surface area (TPSA) is 55.9 Å². The predicted octanol–water partition coefficient (Wildman–Crippen LogP) is 1.68. The molecule has 0 aromatic carbocycles. The first kappa shape index (κ1) is 14.7. The summed E-state index contributed by atoms with van der Waals surface area (Å²) in [5, 5.41) is 7.73. The van der Waals surface area contributed by atoms with E-state index in [1.807, 2.05) is 17.1 Å². The van der Waals surface area contributed by atoms with E-state index in [9.17, 15) is 0 Å². The molecular weight excluding hydrogens is 224 g/mol. The van der Waals surface area contributed by atoms with Crippen LogP contribution < -0.4 is 11.1 Å². The van der Waals surface area contributed by atoms with Crippen molar-refractivity contribution in [3.05, 3.63) is 18.0 Å². The largest absolute Gasteiger partial charge is 0.329 e. The second kappa shape index (κ2) is 7.91. The normalized spacial score (nSPS) is 14.1. The van der Waals surface area contributed by atoms with Crippen LogP contribution in [0.2, 0.25) is 0 Å². The minimum absolute atomic E-state index is 0.0816. The minimum atomic E-state index is 0.0816. The molecule has 0 saturated carbocycles. The van der Waals surface area contributed by atoms with E-state index in [1.54, 1.807) is 0 Å². The van der Waals surface area contributed by atoms with Crippen molar-refractivity contribution in [1.29, 1.82) is 0 Å². The highest BCUT2D eigenvalue weighted by Crippen LogP contribution is 2.13. The third-order valence-electron chi connectivity index (χ3n) is 2.92. The van der Waals surface area contributed by atoms with Gasteiger partial charge in [0.15, 0.2) is 0 Å². The molecule has 0 aliphatic heterocycles. The van der Waals surface area contributed by atoms with Gasteiger partial charge < -0.3 is 5.73 Å². The second-order valence-corrected chi connectivity index (χ2v) is 4.50. The molecular formula is C14H24N4. The van der Waals surface area contributed by atoms with E-state index < -0.39 is 0 Å². The Morgan fingerprint density at radius 2 is 2.28 bits per heavy atom. The Morgan fingerprint density at radius 1 is 1.50 bits per heavy atom. The van der Waals surface area contributed by atoms with Gasteiger partial charge in [-0.1, -0.05) is 26.2 Å². The molecule has 1 aromatic heterocycles. The Labute approximate surface area is 110 Å². The molecule has 0 radical (unpaired) electrons. The molecule has 0 aliphatic rings. The lowest BCUT2D eigenvalue weighted by Crippen LogP contribution is -2.35. The first-order chi connectivity index (χ1) is 8.74. The second-order valence-electron chi connectivity index (χ2n) is 4.50. The lowest BCUT2D eigenvalue weighted by Gasteiger charge is -2.20. The maximum atomic E-state index is 5.82. The van der Waals surface area contributed by atoms with Crippen molar-refractivity contribution in [2.75, 3.05) is 6.54 Å². The molecule has 18 heavy (non-hydrogen) atoms. The number of nitrogens with one attached hydrogen (secondary N) is 1. The fourth-order valence-electron chi connectivity index (χ4n) is 1.96. The minimum Gasteiger partial charge on any atom is -0.329 e. The molecule has 100 valence electrons. The van der Waals surface area contributed by atoms with E-state index in [0.717, 1.165) is 31.4 Å². The SMILES string of the molecule is C#CC(CCC)NC(CN)c1cnn(CCC)c1. The predicted molar refractivity (Wildman–Crippen MR) is 75.0 cm³/mol. The molecule has 4 heteroatoms. The van der Waals surface area contributed by atoms with E-state index in [2.05, 4.69) is 30.2 Å². The van der Waals surface area contributed by atoms with E-state index >= 15 is 0 Å². The van der Waals surface area contributed by atoms with Crippen LogP contribution >= 0.6 is 0 Å². The van der Waals surface area contributed by atoms with Crippen molar-refractivity contribution in [3.63, 3.8) is 0 Å². The molecule has 4 nitrogen and oxygen atoms in total. The van der Waals surface area contributed by atoms with Gasteiger partial charge in [0, 0.05) is 30.9 Å². The van der Waals surface area contributed by atoms with Crippen molar-refractivity contribution in [2.45, 2.75) is 51.7 Å². The summed E-state index contributed by atoms with van der Waals surface area (Å²) in [6, 6.07) is 0.168. The Kier molecular flexibility index (Phi) is 6.48. The van der Waals surface area contributed by atoms with Gasteiger partial charge in [0.05, 0.1) is 12.2 Å². The molecule has 0 amide bonds. The molecule has 1 rings (SSSR count). The molecule has 0 bridgehead atoms. The van der Waals surface area contributed by atoms with Crippen LogP contribution in [0.1, 0.15) is 44.7 Å². The average molecular weight is 248 g/mol. The summed E-state index contributed by atoms with van der Waals surface area (Å²) in [4.78, 5) is 0. The Morgan fingerprint density at radius 3 is 2.83 bits per heavy atom. The first-order valence-corrected chi connectivity index (χ1v) is 6.69. The Hall–Kier alpha value is -1.31. The number of hydrogen-bond donors (Lipinski definition) is 2. The molecule has 0 spiro atoms. The lowest BCUT2D eigenvalue weighted by molar-refractivity contribution is 0.475. The quantitative estimate of drug-likeness (QED) is 0.688. The number of hydrogen-bond acceptors (Lipinski definition) is 3. The van der Waals surface area contributed by atoms with Crippen LogP contribution in [0.15, 0.2) is 12.4 Å². The number of nitrogens with two attached hydrogens (primary N) is 1. The summed E-state index contributed by atoms with van der Waals surface area (Å²) >= 11 is 0. The third kappa shape index (κ3) is 4.17.